The molecule has 1 amide bonds. The number of carbonyl (C=O) groups excluding carboxylic acids is 1. The maximum absolute atomic E-state index is 12.6. The van der Waals surface area contributed by atoms with Crippen LogP contribution in [0.25, 0.3) is 0 Å². The Labute approximate surface area is 158 Å². The molecule has 0 aliphatic rings. The number of benzene rings is 2. The van der Waals surface area contributed by atoms with E-state index in [2.05, 4.69) is 10.6 Å². The van der Waals surface area contributed by atoms with E-state index in [1.807, 2.05) is 6.07 Å². The van der Waals surface area contributed by atoms with Crippen LogP contribution < -0.4 is 15.7 Å². The van der Waals surface area contributed by atoms with E-state index in [-0.39, 0.29) is 18.1 Å². The van der Waals surface area contributed by atoms with Crippen molar-refractivity contribution >= 4 is 40.7 Å². The monoisotopic (exact) mass is 393 g/mol. The van der Waals surface area contributed by atoms with Crippen molar-refractivity contribution in [3.63, 3.8) is 0 Å². The van der Waals surface area contributed by atoms with Gasteiger partial charge >= 0.3 is 17.5 Å². The Bertz CT molecular complexity index is 931. The molecule has 0 aliphatic carbocycles. The molecule has 0 bridgehead atoms. The molecule has 0 radical (unpaired) electrons. The van der Waals surface area contributed by atoms with Gasteiger partial charge in [-0.15, -0.1) is 0 Å². The smallest absolute Gasteiger partial charge is 0.362 e. The normalized spacial score (nSPS) is 12.0. The lowest BCUT2D eigenvalue weighted by Crippen LogP contribution is -2.45. The number of hydrogen-bond acceptors (Lipinski definition) is 5. The van der Waals surface area contributed by atoms with Crippen LogP contribution in [0.1, 0.15) is 22.2 Å². The molecular weight excluding hydrogens is 379 g/mol. The van der Waals surface area contributed by atoms with Crippen LogP contribution in [0, 0.1) is 0 Å². The van der Waals surface area contributed by atoms with Crippen molar-refractivity contribution in [2.45, 2.75) is 12.6 Å². The van der Waals surface area contributed by atoms with Crippen LogP contribution in [0.3, 0.4) is 0 Å². The number of carbonyl (C=O) groups is 1. The zero-order valence-corrected chi connectivity index (χ0v) is 14.9. The Morgan fingerprint density at radius 3 is 2.65 bits per heavy atom. The summed E-state index contributed by atoms with van der Waals surface area (Å²) in [6.07, 6.45) is -0.887. The molecule has 0 fully saturated rings. The molecule has 134 valence electrons. The molecule has 0 saturated heterocycles. The van der Waals surface area contributed by atoms with Crippen molar-refractivity contribution in [2.75, 3.05) is 11.1 Å². The molecule has 1 aromatic heterocycles. The number of nitrogen functional groups attached to an aromatic ring is 1. The van der Waals surface area contributed by atoms with Crippen molar-refractivity contribution in [3.05, 3.63) is 69.8 Å². The van der Waals surface area contributed by atoms with Gasteiger partial charge in [-0.2, -0.15) is 0 Å². The molecule has 3 rings (SSSR count). The minimum absolute atomic E-state index is 0.00512. The highest BCUT2D eigenvalue weighted by Crippen LogP contribution is 2.25. The minimum atomic E-state index is -0.887. The Balaban J connectivity index is 1.80. The molecule has 1 atom stereocenters. The predicted molar refractivity (Wildman–Crippen MR) is 96.9 cm³/mol. The third kappa shape index (κ3) is 3.96. The summed E-state index contributed by atoms with van der Waals surface area (Å²) in [5.41, 5.74) is 6.83. The third-order valence-electron chi connectivity index (χ3n) is 3.65. The quantitative estimate of drug-likeness (QED) is 0.577. The van der Waals surface area contributed by atoms with Crippen molar-refractivity contribution in [2.24, 2.45) is 0 Å². The maximum atomic E-state index is 12.6. The Hall–Kier alpha value is -2.61. The fourth-order valence-corrected chi connectivity index (χ4v) is 2.66. The number of nitrogens with zero attached hydrogens (tertiary/aromatic N) is 2. The summed E-state index contributed by atoms with van der Waals surface area (Å²) in [6.45, 7) is -0.00512. The number of rotatable bonds is 5. The summed E-state index contributed by atoms with van der Waals surface area (Å²) in [4.78, 5) is 12.6. The van der Waals surface area contributed by atoms with Crippen LogP contribution in [-0.4, -0.2) is 16.3 Å². The highest BCUT2D eigenvalue weighted by molar-refractivity contribution is 6.42. The molecule has 2 aromatic carbocycles. The van der Waals surface area contributed by atoms with E-state index < -0.39 is 12.0 Å². The van der Waals surface area contributed by atoms with Crippen LogP contribution in [0.4, 0.5) is 11.6 Å². The molecule has 4 N–H and O–H groups in total. The number of aromatic nitrogens is 2. The average molecular weight is 394 g/mol. The lowest BCUT2D eigenvalue weighted by Gasteiger charge is -2.06. The summed E-state index contributed by atoms with van der Waals surface area (Å²) in [6, 6.07) is 13.6. The Kier molecular flexibility index (Phi) is 5.41. The molecule has 9 heteroatoms. The summed E-state index contributed by atoms with van der Waals surface area (Å²) in [7, 11) is 0. The Morgan fingerprint density at radius 1 is 1.23 bits per heavy atom. The van der Waals surface area contributed by atoms with E-state index in [1.54, 1.807) is 36.4 Å². The number of amides is 1. The molecule has 1 unspecified atom stereocenters. The van der Waals surface area contributed by atoms with Gasteiger partial charge in [-0.05, 0) is 28.4 Å². The number of nitrogens with two attached hydrogens (primary N) is 1. The van der Waals surface area contributed by atoms with Gasteiger partial charge in [-0.25, -0.2) is 0 Å². The number of nitrogens with one attached hydrogen (secondary N) is 1. The first-order valence-electron chi connectivity index (χ1n) is 7.60. The van der Waals surface area contributed by atoms with E-state index in [1.165, 1.54) is 10.7 Å². The van der Waals surface area contributed by atoms with Crippen LogP contribution in [0.15, 0.2) is 53.1 Å². The number of hydrogen-bond donors (Lipinski definition) is 3. The van der Waals surface area contributed by atoms with Gasteiger partial charge in [0.05, 0.1) is 10.0 Å². The minimum Gasteiger partial charge on any atom is -0.382 e. The van der Waals surface area contributed by atoms with Crippen molar-refractivity contribution in [1.82, 2.24) is 5.27 Å². The van der Waals surface area contributed by atoms with E-state index >= 15 is 0 Å². The second-order valence-corrected chi connectivity index (χ2v) is 6.29. The first-order chi connectivity index (χ1) is 12.5. The maximum Gasteiger partial charge on any atom is 0.362 e. The van der Waals surface area contributed by atoms with Gasteiger partial charge in [0.2, 0.25) is 11.8 Å². The third-order valence-corrected chi connectivity index (χ3v) is 4.39. The van der Waals surface area contributed by atoms with Crippen LogP contribution in [-0.2, 0) is 6.54 Å². The molecule has 1 heterocycles. The van der Waals surface area contributed by atoms with E-state index in [4.69, 9.17) is 33.5 Å². The Morgan fingerprint density at radius 2 is 1.96 bits per heavy atom. The molecule has 3 aromatic rings. The van der Waals surface area contributed by atoms with E-state index in [0.717, 1.165) is 0 Å². The van der Waals surface area contributed by atoms with Gasteiger partial charge in [-0.1, -0.05) is 53.5 Å². The fourth-order valence-electron chi connectivity index (χ4n) is 2.37. The van der Waals surface area contributed by atoms with Crippen molar-refractivity contribution < 1.29 is 19.1 Å². The summed E-state index contributed by atoms with van der Waals surface area (Å²) in [5.74, 6) is -0.717. The van der Waals surface area contributed by atoms with Crippen LogP contribution in [0.5, 0.6) is 0 Å². The largest absolute Gasteiger partial charge is 0.382 e. The number of anilines is 2. The average Bonchev–Trinajstić information content (AvgIpc) is 2.99. The molecule has 7 nitrogen and oxygen atoms in total. The highest BCUT2D eigenvalue weighted by Gasteiger charge is 2.32. The van der Waals surface area contributed by atoms with Crippen LogP contribution in [0.2, 0.25) is 10.0 Å². The zero-order chi connectivity index (χ0) is 18.7. The molecule has 0 spiro atoms. The fraction of sp³-hybridized carbons (Fsp3) is 0.118. The van der Waals surface area contributed by atoms with E-state index in [0.29, 0.717) is 21.3 Å². The molecule has 0 saturated carbocycles. The molecule has 26 heavy (non-hydrogen) atoms. The molecular formula is C17H15Cl2N4O3+. The standard InChI is InChI=1S/C17H14Cl2N4O3/c18-12-7-6-11(8-13(12)19)21-17(25)15-16(20)26-22-23(15)9-14(24)10-4-2-1-3-5-10/h1-8,14,24H,9H2,(H2-,20,21,22,25)/p+1. The predicted octanol–water partition coefficient (Wildman–Crippen LogP) is 2.84. The second-order valence-electron chi connectivity index (χ2n) is 5.48. The van der Waals surface area contributed by atoms with Crippen LogP contribution >= 0.6 is 23.2 Å². The number of halogens is 2. The van der Waals surface area contributed by atoms with Gasteiger partial charge < -0.3 is 16.2 Å². The topological polar surface area (TPSA) is 105 Å². The number of aliphatic hydroxyl groups excluding tert-OH is 1. The van der Waals surface area contributed by atoms with Gasteiger partial charge in [-0.3, -0.25) is 9.32 Å². The number of aliphatic hydroxyl groups is 1. The lowest BCUT2D eigenvalue weighted by atomic mass is 10.1. The van der Waals surface area contributed by atoms with Crippen molar-refractivity contribution in [3.8, 4) is 0 Å². The van der Waals surface area contributed by atoms with E-state index in [9.17, 15) is 9.90 Å². The first kappa shape index (κ1) is 18.2. The SMILES string of the molecule is Nc1on[n+](CC(O)c2ccccc2)c1C(=O)Nc1ccc(Cl)c(Cl)c1. The lowest BCUT2D eigenvalue weighted by molar-refractivity contribution is -0.769. The summed E-state index contributed by atoms with van der Waals surface area (Å²) < 4.78 is 6.11. The zero-order valence-electron chi connectivity index (χ0n) is 13.4. The van der Waals surface area contributed by atoms with Gasteiger partial charge in [0.15, 0.2) is 0 Å². The second kappa shape index (κ2) is 7.74. The highest BCUT2D eigenvalue weighted by atomic mass is 35.5. The van der Waals surface area contributed by atoms with Crippen molar-refractivity contribution in [1.29, 1.82) is 0 Å². The van der Waals surface area contributed by atoms with Gasteiger partial charge in [0.1, 0.15) is 6.10 Å². The van der Waals surface area contributed by atoms with Gasteiger partial charge in [0.25, 0.3) is 0 Å². The summed E-state index contributed by atoms with van der Waals surface area (Å²) >= 11 is 11.8. The van der Waals surface area contributed by atoms with Gasteiger partial charge in [0, 0.05) is 5.69 Å². The first-order valence-corrected chi connectivity index (χ1v) is 8.36. The molecule has 0 aliphatic heterocycles. The summed E-state index contributed by atoms with van der Waals surface area (Å²) in [5, 5.41) is 17.4.